The van der Waals surface area contributed by atoms with Crippen molar-refractivity contribution in [3.05, 3.63) is 63.7 Å². The van der Waals surface area contributed by atoms with E-state index in [0.29, 0.717) is 5.69 Å². The molecule has 7 heteroatoms. The highest BCUT2D eigenvalue weighted by Gasteiger charge is 2.22. The number of nitro groups is 1. The molecule has 2 aromatic rings. The van der Waals surface area contributed by atoms with E-state index < -0.39 is 22.3 Å². The number of hydrogen-bond acceptors (Lipinski definition) is 5. The van der Waals surface area contributed by atoms with E-state index >= 15 is 0 Å². The Kier molecular flexibility index (Phi) is 5.12. The summed E-state index contributed by atoms with van der Waals surface area (Å²) in [6, 6.07) is 12.6. The Hall–Kier alpha value is -3.40. The van der Waals surface area contributed by atoms with Gasteiger partial charge in [-0.2, -0.15) is 5.26 Å². The van der Waals surface area contributed by atoms with Crippen molar-refractivity contribution in [1.29, 1.82) is 5.26 Å². The van der Waals surface area contributed by atoms with E-state index in [9.17, 15) is 20.0 Å². The maximum atomic E-state index is 12.7. The molecule has 0 saturated carbocycles. The fourth-order valence-electron chi connectivity index (χ4n) is 2.19. The zero-order valence-electron chi connectivity index (χ0n) is 13.0. The van der Waals surface area contributed by atoms with Gasteiger partial charge in [-0.1, -0.05) is 17.7 Å². The average Bonchev–Trinajstić information content (AvgIpc) is 2.56. The van der Waals surface area contributed by atoms with Crippen LogP contribution < -0.4 is 4.90 Å². The van der Waals surface area contributed by atoms with Gasteiger partial charge in [0.25, 0.3) is 5.91 Å². The van der Waals surface area contributed by atoms with Crippen LogP contribution in [0.25, 0.3) is 0 Å². The van der Waals surface area contributed by atoms with Gasteiger partial charge in [0.15, 0.2) is 5.75 Å². The van der Waals surface area contributed by atoms with E-state index in [-0.39, 0.29) is 18.5 Å². The minimum atomic E-state index is -0.752. The van der Waals surface area contributed by atoms with Crippen LogP contribution in [-0.2, 0) is 0 Å². The van der Waals surface area contributed by atoms with Crippen LogP contribution in [0.3, 0.4) is 0 Å². The molecule has 0 fully saturated rings. The smallest absolute Gasteiger partial charge is 0.311 e. The highest BCUT2D eigenvalue weighted by molar-refractivity contribution is 6.06. The van der Waals surface area contributed by atoms with E-state index in [1.807, 2.05) is 25.1 Å². The third-order valence-corrected chi connectivity index (χ3v) is 3.46. The molecule has 1 amide bonds. The molecular weight excluding hydrogens is 310 g/mol. The van der Waals surface area contributed by atoms with Crippen molar-refractivity contribution in [3.8, 4) is 11.8 Å². The molecule has 0 radical (unpaired) electrons. The molecule has 7 nitrogen and oxygen atoms in total. The maximum Gasteiger partial charge on any atom is 0.311 e. The molecule has 0 saturated heterocycles. The fourth-order valence-corrected chi connectivity index (χ4v) is 2.19. The molecule has 0 heterocycles. The molecule has 24 heavy (non-hydrogen) atoms. The van der Waals surface area contributed by atoms with E-state index in [1.54, 1.807) is 12.1 Å². The standard InChI is InChI=1S/C17H15N3O4/c1-12-3-6-14(7-4-12)19(10-2-9-18)17(22)13-5-8-16(21)15(11-13)20(23)24/h3-8,11,21H,2,10H2,1H3. The van der Waals surface area contributed by atoms with Crippen molar-refractivity contribution in [2.75, 3.05) is 11.4 Å². The first kappa shape index (κ1) is 17.0. The lowest BCUT2D eigenvalue weighted by atomic mass is 10.1. The second-order valence-electron chi connectivity index (χ2n) is 5.16. The van der Waals surface area contributed by atoms with Gasteiger partial charge in [-0.05, 0) is 31.2 Å². The normalized spacial score (nSPS) is 10.0. The second kappa shape index (κ2) is 7.24. The third-order valence-electron chi connectivity index (χ3n) is 3.46. The highest BCUT2D eigenvalue weighted by Crippen LogP contribution is 2.28. The van der Waals surface area contributed by atoms with Crippen LogP contribution in [0.15, 0.2) is 42.5 Å². The Bertz CT molecular complexity index is 810. The predicted molar refractivity (Wildman–Crippen MR) is 87.8 cm³/mol. The number of nitriles is 1. The number of aryl methyl sites for hydroxylation is 1. The number of amides is 1. The molecule has 2 aromatic carbocycles. The summed E-state index contributed by atoms with van der Waals surface area (Å²) >= 11 is 0. The van der Waals surface area contributed by atoms with Crippen LogP contribution in [0.2, 0.25) is 0 Å². The Morgan fingerprint density at radius 1 is 1.29 bits per heavy atom. The van der Waals surface area contributed by atoms with E-state index in [2.05, 4.69) is 0 Å². The van der Waals surface area contributed by atoms with Crippen LogP contribution in [0, 0.1) is 28.4 Å². The number of aromatic hydroxyl groups is 1. The van der Waals surface area contributed by atoms with E-state index in [0.717, 1.165) is 17.7 Å². The van der Waals surface area contributed by atoms with Gasteiger partial charge < -0.3 is 10.0 Å². The third kappa shape index (κ3) is 3.67. The molecule has 0 atom stereocenters. The molecule has 0 bridgehead atoms. The predicted octanol–water partition coefficient (Wildman–Crippen LogP) is 3.17. The zero-order chi connectivity index (χ0) is 17.7. The second-order valence-corrected chi connectivity index (χ2v) is 5.16. The summed E-state index contributed by atoms with van der Waals surface area (Å²) in [5.41, 5.74) is 1.14. The molecule has 1 N–H and O–H groups in total. The fraction of sp³-hybridized carbons (Fsp3) is 0.176. The molecule has 2 rings (SSSR count). The molecular formula is C17H15N3O4. The largest absolute Gasteiger partial charge is 0.502 e. The summed E-state index contributed by atoms with van der Waals surface area (Å²) in [5, 5.41) is 29.2. The first-order valence-corrected chi connectivity index (χ1v) is 7.17. The monoisotopic (exact) mass is 325 g/mol. The number of carbonyl (C=O) groups excluding carboxylic acids is 1. The first-order valence-electron chi connectivity index (χ1n) is 7.17. The number of benzene rings is 2. The number of hydrogen-bond donors (Lipinski definition) is 1. The summed E-state index contributed by atoms with van der Waals surface area (Å²) in [4.78, 5) is 24.3. The van der Waals surface area contributed by atoms with Crippen LogP contribution in [0.4, 0.5) is 11.4 Å². The van der Waals surface area contributed by atoms with E-state index in [1.165, 1.54) is 11.0 Å². The number of nitrogens with zero attached hydrogens (tertiary/aromatic N) is 3. The summed E-state index contributed by atoms with van der Waals surface area (Å²) in [5.74, 6) is -0.979. The van der Waals surface area contributed by atoms with Gasteiger partial charge in [0, 0.05) is 23.9 Å². The Labute approximate surface area is 138 Å². The summed E-state index contributed by atoms with van der Waals surface area (Å²) in [6.07, 6.45) is 0.125. The number of rotatable bonds is 5. The maximum absolute atomic E-state index is 12.7. The average molecular weight is 325 g/mol. The van der Waals surface area contributed by atoms with Gasteiger partial charge in [-0.3, -0.25) is 14.9 Å². The van der Waals surface area contributed by atoms with Crippen LogP contribution in [-0.4, -0.2) is 22.5 Å². The molecule has 0 aliphatic carbocycles. The molecule has 122 valence electrons. The van der Waals surface area contributed by atoms with Crippen LogP contribution in [0.1, 0.15) is 22.3 Å². The van der Waals surface area contributed by atoms with Crippen molar-refractivity contribution in [2.45, 2.75) is 13.3 Å². The van der Waals surface area contributed by atoms with Crippen LogP contribution >= 0.6 is 0 Å². The van der Waals surface area contributed by atoms with Crippen molar-refractivity contribution in [1.82, 2.24) is 0 Å². The Morgan fingerprint density at radius 3 is 2.54 bits per heavy atom. The Balaban J connectivity index is 2.41. The lowest BCUT2D eigenvalue weighted by Crippen LogP contribution is -2.31. The Morgan fingerprint density at radius 2 is 1.96 bits per heavy atom. The first-order chi connectivity index (χ1) is 11.4. The lowest BCUT2D eigenvalue weighted by Gasteiger charge is -2.22. The van der Waals surface area contributed by atoms with Crippen molar-refractivity contribution < 1.29 is 14.8 Å². The van der Waals surface area contributed by atoms with Crippen molar-refractivity contribution >= 4 is 17.3 Å². The molecule has 0 aliphatic rings. The number of phenolic OH excluding ortho intramolecular Hbond substituents is 1. The van der Waals surface area contributed by atoms with Gasteiger partial charge in [0.1, 0.15) is 0 Å². The summed E-state index contributed by atoms with van der Waals surface area (Å²) in [7, 11) is 0. The van der Waals surface area contributed by atoms with Gasteiger partial charge in [-0.15, -0.1) is 0 Å². The molecule has 0 unspecified atom stereocenters. The van der Waals surface area contributed by atoms with Gasteiger partial charge in [0.2, 0.25) is 0 Å². The van der Waals surface area contributed by atoms with Crippen molar-refractivity contribution in [2.24, 2.45) is 0 Å². The number of anilines is 1. The SMILES string of the molecule is Cc1ccc(N(CCC#N)C(=O)c2ccc(O)c([N+](=O)[O-])c2)cc1. The van der Waals surface area contributed by atoms with E-state index in [4.69, 9.17) is 5.26 Å². The molecule has 0 aliphatic heterocycles. The summed E-state index contributed by atoms with van der Waals surface area (Å²) in [6.45, 7) is 2.07. The highest BCUT2D eigenvalue weighted by atomic mass is 16.6. The number of carbonyl (C=O) groups is 1. The minimum Gasteiger partial charge on any atom is -0.502 e. The zero-order valence-corrected chi connectivity index (χ0v) is 13.0. The van der Waals surface area contributed by atoms with Gasteiger partial charge in [0.05, 0.1) is 17.4 Å². The van der Waals surface area contributed by atoms with Crippen LogP contribution in [0.5, 0.6) is 5.75 Å². The summed E-state index contributed by atoms with van der Waals surface area (Å²) < 4.78 is 0. The van der Waals surface area contributed by atoms with Gasteiger partial charge >= 0.3 is 5.69 Å². The number of nitro benzene ring substituents is 1. The van der Waals surface area contributed by atoms with Gasteiger partial charge in [-0.25, -0.2) is 0 Å². The molecule has 0 aromatic heterocycles. The quantitative estimate of drug-likeness (QED) is 0.671. The number of phenols is 1. The topological polar surface area (TPSA) is 107 Å². The van der Waals surface area contributed by atoms with Crippen molar-refractivity contribution in [3.63, 3.8) is 0 Å². The minimum absolute atomic E-state index is 0.0676. The lowest BCUT2D eigenvalue weighted by molar-refractivity contribution is -0.385. The molecule has 0 spiro atoms.